The average molecular weight is 1410 g/mol. The molecule has 0 saturated heterocycles. The summed E-state index contributed by atoms with van der Waals surface area (Å²) in [5.74, 6) is 0. The van der Waals surface area contributed by atoms with Gasteiger partial charge in [-0.3, -0.25) is 28.2 Å². The van der Waals surface area contributed by atoms with E-state index in [4.69, 9.17) is 58.7 Å². The normalized spacial score (nSPS) is 3.71. The van der Waals surface area contributed by atoms with Gasteiger partial charge < -0.3 is 0 Å². The van der Waals surface area contributed by atoms with Crippen LogP contribution in [0.2, 0.25) is 0 Å². The molecule has 198 valence electrons. The Morgan fingerprint density at radius 1 is 0.190 bits per heavy atom. The minimum atomic E-state index is -4.20. The fourth-order valence-electron chi connectivity index (χ4n) is 0. The van der Waals surface area contributed by atoms with E-state index in [0.717, 1.165) is 0 Å². The monoisotopic (exact) mass is 1410 g/mol. The van der Waals surface area contributed by atoms with E-state index in [1.807, 2.05) is 0 Å². The summed E-state index contributed by atoms with van der Waals surface area (Å²) < 4.78 is 155. The molecular formula is H6F6Na12O18Sb6. The first kappa shape index (κ1) is 164. The van der Waals surface area contributed by atoms with Gasteiger partial charge in [0.25, 0.3) is 0 Å². The summed E-state index contributed by atoms with van der Waals surface area (Å²) in [6, 6.07) is 0. The molecule has 0 bridgehead atoms. The topological polar surface area (TPSA) is 379 Å². The van der Waals surface area contributed by atoms with Gasteiger partial charge in [0.2, 0.25) is 0 Å². The first-order valence-electron chi connectivity index (χ1n) is 3.29. The van der Waals surface area contributed by atoms with Gasteiger partial charge in [-0.15, -0.1) is 0 Å². The molecule has 0 amide bonds. The fraction of sp³-hybridized carbons (Fsp3) is 0. The van der Waals surface area contributed by atoms with Crippen LogP contribution in [-0.4, -0.2) is 126 Å². The molecule has 0 fully saturated rings. The molecule has 6 radical (unpaired) electrons. The fourth-order valence-corrected chi connectivity index (χ4v) is 0. The van der Waals surface area contributed by atoms with Crippen LogP contribution in [-0.2, 0) is 18.1 Å². The van der Waals surface area contributed by atoms with Crippen molar-refractivity contribution in [3.63, 3.8) is 0 Å². The molecule has 0 aliphatic carbocycles. The van der Waals surface area contributed by atoms with E-state index in [2.05, 4.69) is 0 Å². The van der Waals surface area contributed by atoms with Gasteiger partial charge in [0.15, 0.2) is 0 Å². The SMILES string of the molecule is F.F.F.F.F.F.[Na+].[Na+].[Na+].[Na+].[Na+].[Na+].[Na+].[Na+].[Na+].[Na+].[Na+].[Na+].[O]=[Sb]([O-])[O-].[O]=[Sb]([O-])[O-].[O]=[Sb]([O-])[O-].[O]=[Sb]([O-])[O-].[O]=[Sb]([O-])[O-].[O]=[Sb]([O-])[O-]. The third kappa shape index (κ3) is 724. The summed E-state index contributed by atoms with van der Waals surface area (Å²) in [7, 11) is 0. The van der Waals surface area contributed by atoms with E-state index in [1.54, 1.807) is 0 Å². The van der Waals surface area contributed by atoms with Crippen molar-refractivity contribution < 1.29 is 442 Å². The van der Waals surface area contributed by atoms with E-state index in [9.17, 15) is 0 Å². The summed E-state index contributed by atoms with van der Waals surface area (Å²) in [6.07, 6.45) is 0. The van der Waals surface area contributed by atoms with Gasteiger partial charge in [-0.1, -0.05) is 0 Å². The summed E-state index contributed by atoms with van der Waals surface area (Å²) in [6.45, 7) is 0. The second-order valence-electron chi connectivity index (χ2n) is 1.34. The second kappa shape index (κ2) is 156. The van der Waals surface area contributed by atoms with Gasteiger partial charge in [-0.25, -0.2) is 0 Å². The predicted octanol–water partition coefficient (Wildman–Crippen LogP) is -52.3. The number of rotatable bonds is 0. The van der Waals surface area contributed by atoms with Crippen LogP contribution in [0.3, 0.4) is 0 Å². The molecule has 0 aliphatic rings. The molecule has 0 aromatic rings. The maximum absolute atomic E-state index is 8.60. The van der Waals surface area contributed by atoms with Crippen LogP contribution in [0, 0.1) is 0 Å². The standard InChI is InChI=1S/6FH.12Na.18O.6Sb/h6*1H;;;;;;;;;;;;;;;;;;;;;;;;;;;;;;;;;;;;/q;;;;;;12*+1;;;;;;;12*-1;;;;;;. The van der Waals surface area contributed by atoms with E-state index in [1.165, 1.54) is 0 Å². The van der Waals surface area contributed by atoms with Crippen molar-refractivity contribution >= 4 is 126 Å². The zero-order chi connectivity index (χ0) is 21.5. The average Bonchev–Trinajstić information content (AvgIpc) is 2.08. The summed E-state index contributed by atoms with van der Waals surface area (Å²) in [5, 5.41) is 0. The van der Waals surface area contributed by atoms with E-state index in [-0.39, 0.29) is 383 Å². The van der Waals surface area contributed by atoms with Crippen molar-refractivity contribution in [2.75, 3.05) is 0 Å². The molecule has 0 aromatic heterocycles. The molecule has 0 aliphatic heterocycles. The first-order valence-corrected chi connectivity index (χ1v) is 22.0. The molecule has 0 N–H and O–H groups in total. The van der Waals surface area contributed by atoms with Crippen LogP contribution in [0.1, 0.15) is 0 Å². The van der Waals surface area contributed by atoms with Crippen LogP contribution in [0.15, 0.2) is 0 Å². The molecule has 0 spiro atoms. The number of halogens is 6. The molecule has 0 aromatic carbocycles. The van der Waals surface area contributed by atoms with Crippen molar-refractivity contribution in [3.8, 4) is 0 Å². The van der Waals surface area contributed by atoms with E-state index >= 15 is 0 Å². The maximum atomic E-state index is 8.60. The molecule has 0 atom stereocenters. The van der Waals surface area contributed by atoms with Crippen LogP contribution >= 0.6 is 0 Å². The Hall–Kier alpha value is 14.8. The Bertz CT molecular complexity index is 309. The van der Waals surface area contributed by atoms with Crippen LogP contribution in [0.4, 0.5) is 28.2 Å². The predicted molar refractivity (Wildman–Crippen MR) is 53.7 cm³/mol. The van der Waals surface area contributed by atoms with Crippen LogP contribution in [0.5, 0.6) is 0 Å². The van der Waals surface area contributed by atoms with Crippen molar-refractivity contribution in [1.82, 2.24) is 0 Å². The number of hydrogen-bond acceptors (Lipinski definition) is 18. The Morgan fingerprint density at radius 2 is 0.190 bits per heavy atom. The van der Waals surface area contributed by atoms with E-state index in [0.29, 0.717) is 0 Å². The van der Waals surface area contributed by atoms with Crippen molar-refractivity contribution in [2.45, 2.75) is 0 Å². The van der Waals surface area contributed by atoms with Gasteiger partial charge in [-0.05, 0) is 0 Å². The number of hydrogen-bond donors (Lipinski definition) is 0. The van der Waals surface area contributed by atoms with Crippen molar-refractivity contribution in [1.29, 1.82) is 0 Å². The Labute approximate surface area is 551 Å². The molecule has 42 heteroatoms. The van der Waals surface area contributed by atoms with Gasteiger partial charge >= 0.3 is 540 Å². The van der Waals surface area contributed by atoms with E-state index < -0.39 is 126 Å². The Kier molecular flexibility index (Phi) is 610. The molecular weight excluding hydrogens is 1410 g/mol. The zero-order valence-electron chi connectivity index (χ0n) is 24.5. The van der Waals surface area contributed by atoms with Gasteiger partial charge in [0.1, 0.15) is 0 Å². The van der Waals surface area contributed by atoms with Gasteiger partial charge in [-0.2, -0.15) is 0 Å². The summed E-state index contributed by atoms with van der Waals surface area (Å²) >= 11 is -25.2. The molecule has 18 nitrogen and oxygen atoms in total. The Morgan fingerprint density at radius 3 is 0.190 bits per heavy atom. The molecule has 42 heavy (non-hydrogen) atoms. The molecule has 0 saturated carbocycles. The minimum absolute atomic E-state index is 0. The molecule has 0 heterocycles. The summed E-state index contributed by atoms with van der Waals surface area (Å²) in [5.41, 5.74) is 0. The second-order valence-corrected chi connectivity index (χ2v) is 9.00. The quantitative estimate of drug-likeness (QED) is 0.161. The molecule has 0 rings (SSSR count). The zero-order valence-corrected chi connectivity index (χ0v) is 63.8. The summed E-state index contributed by atoms with van der Waals surface area (Å²) in [4.78, 5) is 0. The van der Waals surface area contributed by atoms with Crippen molar-refractivity contribution in [2.24, 2.45) is 0 Å². The van der Waals surface area contributed by atoms with Gasteiger partial charge in [0.05, 0.1) is 0 Å². The van der Waals surface area contributed by atoms with Crippen LogP contribution in [0.25, 0.3) is 0 Å². The third-order valence-corrected chi connectivity index (χ3v) is 0. The molecule has 0 unspecified atom stereocenters. The third-order valence-electron chi connectivity index (χ3n) is 0. The first-order chi connectivity index (χ1) is 10.4. The van der Waals surface area contributed by atoms with Crippen LogP contribution < -0.4 is 395 Å². The van der Waals surface area contributed by atoms with Gasteiger partial charge in [0, 0.05) is 0 Å². The Balaban J connectivity index is -0.00000000388. The van der Waals surface area contributed by atoms with Crippen molar-refractivity contribution in [3.05, 3.63) is 0 Å².